The maximum atomic E-state index is 5.42. The Bertz CT molecular complexity index is 891. The second kappa shape index (κ2) is 5.80. The molecule has 0 unspecified atom stereocenters. The van der Waals surface area contributed by atoms with Gasteiger partial charge in [0.25, 0.3) is 0 Å². The summed E-state index contributed by atoms with van der Waals surface area (Å²) in [4.78, 5) is 19.5. The minimum absolute atomic E-state index is 0.428. The zero-order chi connectivity index (χ0) is 15.5. The molecule has 0 aliphatic carbocycles. The van der Waals surface area contributed by atoms with Crippen molar-refractivity contribution in [3.8, 4) is 0 Å². The Labute approximate surface area is 127 Å². The van der Waals surface area contributed by atoms with Crippen LogP contribution >= 0.6 is 0 Å². The summed E-state index contributed by atoms with van der Waals surface area (Å²) in [5, 5.41) is 0. The summed E-state index contributed by atoms with van der Waals surface area (Å²) in [6.45, 7) is 4.24. The fourth-order valence-electron chi connectivity index (χ4n) is 2.15. The molecular formula is C15H17N7. The van der Waals surface area contributed by atoms with Crippen LogP contribution in [-0.4, -0.2) is 29.3 Å². The fourth-order valence-corrected chi connectivity index (χ4v) is 2.15. The van der Waals surface area contributed by atoms with Crippen molar-refractivity contribution in [2.75, 3.05) is 5.73 Å². The van der Waals surface area contributed by atoms with Crippen LogP contribution in [0.5, 0.6) is 0 Å². The van der Waals surface area contributed by atoms with Crippen molar-refractivity contribution in [3.05, 3.63) is 49.1 Å². The highest BCUT2D eigenvalue weighted by atomic mass is 15.0. The smallest absolute Gasteiger partial charge is 0.155 e. The number of anilines is 1. The van der Waals surface area contributed by atoms with E-state index in [-0.39, 0.29) is 0 Å². The van der Waals surface area contributed by atoms with Gasteiger partial charge in [-0.15, -0.1) is 0 Å². The number of hydrogen-bond acceptors (Lipinski definition) is 5. The van der Waals surface area contributed by atoms with E-state index in [0.717, 1.165) is 22.4 Å². The third-order valence-electron chi connectivity index (χ3n) is 3.21. The van der Waals surface area contributed by atoms with E-state index in [1.54, 1.807) is 24.9 Å². The molecule has 4 heterocycles. The first kappa shape index (κ1) is 14.0. The average molecular weight is 295 g/mol. The molecule has 0 spiro atoms. The molecule has 3 N–H and O–H groups in total. The number of aromatic amines is 1. The molecule has 0 saturated carbocycles. The van der Waals surface area contributed by atoms with Crippen LogP contribution < -0.4 is 5.73 Å². The number of nitrogen functional groups attached to an aromatic ring is 1. The molecule has 0 aromatic carbocycles. The molecule has 4 aromatic heterocycles. The number of nitrogens with one attached hydrogen (secondary N) is 1. The summed E-state index contributed by atoms with van der Waals surface area (Å²) in [6.07, 6.45) is 10.4. The van der Waals surface area contributed by atoms with Crippen molar-refractivity contribution < 1.29 is 0 Å². The van der Waals surface area contributed by atoms with Crippen molar-refractivity contribution in [1.82, 2.24) is 29.3 Å². The molecule has 0 saturated heterocycles. The van der Waals surface area contributed by atoms with Gasteiger partial charge in [0.15, 0.2) is 5.65 Å². The predicted octanol–water partition coefficient (Wildman–Crippen LogP) is 2.39. The van der Waals surface area contributed by atoms with Crippen LogP contribution in [-0.2, 0) is 0 Å². The molecule has 0 atom stereocenters. The Morgan fingerprint density at radius 2 is 2.00 bits per heavy atom. The summed E-state index contributed by atoms with van der Waals surface area (Å²) < 4.78 is 1.82. The maximum absolute atomic E-state index is 5.42. The van der Waals surface area contributed by atoms with Gasteiger partial charge in [-0.1, -0.05) is 13.8 Å². The molecule has 7 nitrogen and oxygen atoms in total. The zero-order valence-corrected chi connectivity index (χ0v) is 12.4. The van der Waals surface area contributed by atoms with Gasteiger partial charge in [0, 0.05) is 18.6 Å². The molecule has 0 aliphatic heterocycles. The standard InChI is InChI=1S/C9H11N3.C6H6N4/c1-6(2)8-9-7(3-4-10-8)11-5-12-9;7-5-4-10-2-1-8-6(10)3-9-5/h3-6H,1-2H3,(H,11,12);1-4H,7H2. The number of imidazole rings is 2. The third-order valence-corrected chi connectivity index (χ3v) is 3.21. The largest absolute Gasteiger partial charge is 0.382 e. The van der Waals surface area contributed by atoms with E-state index in [1.807, 2.05) is 22.9 Å². The molecule has 4 rings (SSSR count). The number of hydrogen-bond donors (Lipinski definition) is 2. The van der Waals surface area contributed by atoms with Crippen LogP contribution in [0.4, 0.5) is 5.82 Å². The molecule has 4 aromatic rings. The van der Waals surface area contributed by atoms with Gasteiger partial charge in [-0.2, -0.15) is 0 Å². The highest BCUT2D eigenvalue weighted by Crippen LogP contribution is 2.19. The zero-order valence-electron chi connectivity index (χ0n) is 12.4. The van der Waals surface area contributed by atoms with Gasteiger partial charge in [-0.05, 0) is 12.0 Å². The summed E-state index contributed by atoms with van der Waals surface area (Å²) in [5.41, 5.74) is 9.36. The van der Waals surface area contributed by atoms with Crippen LogP contribution in [0.3, 0.4) is 0 Å². The van der Waals surface area contributed by atoms with Gasteiger partial charge < -0.3 is 15.1 Å². The van der Waals surface area contributed by atoms with Gasteiger partial charge in [-0.3, -0.25) is 4.98 Å². The van der Waals surface area contributed by atoms with E-state index in [2.05, 4.69) is 38.8 Å². The summed E-state index contributed by atoms with van der Waals surface area (Å²) in [5.74, 6) is 0.933. The van der Waals surface area contributed by atoms with Gasteiger partial charge >= 0.3 is 0 Å². The van der Waals surface area contributed by atoms with Crippen molar-refractivity contribution in [3.63, 3.8) is 0 Å². The topological polar surface area (TPSA) is 97.8 Å². The van der Waals surface area contributed by atoms with Crippen molar-refractivity contribution >= 4 is 22.5 Å². The van der Waals surface area contributed by atoms with Crippen LogP contribution in [0.25, 0.3) is 16.7 Å². The highest BCUT2D eigenvalue weighted by Gasteiger charge is 2.07. The van der Waals surface area contributed by atoms with Crippen LogP contribution in [0.15, 0.2) is 43.4 Å². The molecule has 0 radical (unpaired) electrons. The maximum Gasteiger partial charge on any atom is 0.155 e. The number of nitrogens with zero attached hydrogens (tertiary/aromatic N) is 5. The summed E-state index contributed by atoms with van der Waals surface area (Å²) in [6, 6.07) is 1.94. The van der Waals surface area contributed by atoms with E-state index < -0.39 is 0 Å². The van der Waals surface area contributed by atoms with Crippen LogP contribution in [0.2, 0.25) is 0 Å². The summed E-state index contributed by atoms with van der Waals surface area (Å²) in [7, 11) is 0. The number of H-pyrrole nitrogens is 1. The lowest BCUT2D eigenvalue weighted by Gasteiger charge is -2.03. The second-order valence-corrected chi connectivity index (χ2v) is 5.15. The second-order valence-electron chi connectivity index (χ2n) is 5.15. The van der Waals surface area contributed by atoms with Crippen molar-refractivity contribution in [2.45, 2.75) is 19.8 Å². The first-order chi connectivity index (χ1) is 10.6. The lowest BCUT2D eigenvalue weighted by atomic mass is 10.1. The monoisotopic (exact) mass is 295 g/mol. The van der Waals surface area contributed by atoms with Gasteiger partial charge in [-0.25, -0.2) is 15.0 Å². The normalized spacial score (nSPS) is 10.9. The predicted molar refractivity (Wildman–Crippen MR) is 85.4 cm³/mol. The summed E-state index contributed by atoms with van der Waals surface area (Å²) >= 11 is 0. The molecule has 0 aliphatic rings. The van der Waals surface area contributed by atoms with E-state index in [9.17, 15) is 0 Å². The Kier molecular flexibility index (Phi) is 3.69. The lowest BCUT2D eigenvalue weighted by Crippen LogP contribution is -1.92. The Balaban J connectivity index is 0.000000133. The quantitative estimate of drug-likeness (QED) is 0.562. The van der Waals surface area contributed by atoms with E-state index in [0.29, 0.717) is 11.7 Å². The van der Waals surface area contributed by atoms with E-state index in [1.165, 1.54) is 0 Å². The van der Waals surface area contributed by atoms with E-state index in [4.69, 9.17) is 5.73 Å². The van der Waals surface area contributed by atoms with E-state index >= 15 is 0 Å². The van der Waals surface area contributed by atoms with Crippen molar-refractivity contribution in [1.29, 1.82) is 0 Å². The number of aromatic nitrogens is 6. The van der Waals surface area contributed by atoms with Gasteiger partial charge in [0.2, 0.25) is 0 Å². The van der Waals surface area contributed by atoms with Crippen molar-refractivity contribution in [2.24, 2.45) is 0 Å². The fraction of sp³-hybridized carbons (Fsp3) is 0.200. The number of fused-ring (bicyclic) bond motifs is 2. The molecule has 22 heavy (non-hydrogen) atoms. The first-order valence-corrected chi connectivity index (χ1v) is 6.97. The SMILES string of the molecule is CC(C)c1nccc2[nH]cnc12.Nc1cn2ccnc2cn1. The minimum Gasteiger partial charge on any atom is -0.382 e. The number of rotatable bonds is 1. The minimum atomic E-state index is 0.428. The number of nitrogens with two attached hydrogens (primary N) is 1. The first-order valence-electron chi connectivity index (χ1n) is 6.97. The molecule has 0 amide bonds. The molecule has 112 valence electrons. The van der Waals surface area contributed by atoms with Gasteiger partial charge in [0.05, 0.1) is 29.9 Å². The lowest BCUT2D eigenvalue weighted by molar-refractivity contribution is 0.831. The highest BCUT2D eigenvalue weighted by molar-refractivity contribution is 5.76. The Morgan fingerprint density at radius 3 is 2.82 bits per heavy atom. The Hall–Kier alpha value is -2.96. The Morgan fingerprint density at radius 1 is 1.14 bits per heavy atom. The molecule has 0 fully saturated rings. The molecular weight excluding hydrogens is 278 g/mol. The molecule has 7 heteroatoms. The molecule has 0 bridgehead atoms. The van der Waals surface area contributed by atoms with Crippen LogP contribution in [0.1, 0.15) is 25.5 Å². The average Bonchev–Trinajstić information content (AvgIpc) is 3.15. The van der Waals surface area contributed by atoms with Gasteiger partial charge in [0.1, 0.15) is 11.3 Å². The third kappa shape index (κ3) is 2.73. The van der Waals surface area contributed by atoms with Crippen LogP contribution in [0, 0.1) is 0 Å². The number of pyridine rings is 1.